The summed E-state index contributed by atoms with van der Waals surface area (Å²) in [6.45, 7) is 4.62. The molecule has 3 heteroatoms. The van der Waals surface area contributed by atoms with Gasteiger partial charge in [-0.2, -0.15) is 0 Å². The minimum Gasteiger partial charge on any atom is -0.387 e. The van der Waals surface area contributed by atoms with Crippen molar-refractivity contribution in [3.05, 3.63) is 53.6 Å². The number of aromatic nitrogens is 2. The number of aryl methyl sites for hydroxylation is 2. The number of nitrogens with zero attached hydrogens (tertiary/aromatic N) is 2. The lowest BCUT2D eigenvalue weighted by Gasteiger charge is -2.13. The van der Waals surface area contributed by atoms with Crippen LogP contribution >= 0.6 is 0 Å². The van der Waals surface area contributed by atoms with Gasteiger partial charge in [0.1, 0.15) is 5.82 Å². The maximum atomic E-state index is 10.1. The average Bonchev–Trinajstić information content (AvgIpc) is 2.75. The molecule has 0 saturated carbocycles. The number of aliphatic hydroxyl groups excluding tert-OH is 1. The predicted octanol–water partition coefficient (Wildman–Crippen LogP) is 2.49. The maximum absolute atomic E-state index is 10.1. The molecule has 2 rings (SSSR count). The molecule has 90 valence electrons. The highest BCUT2D eigenvalue weighted by Crippen LogP contribution is 2.16. The predicted molar refractivity (Wildman–Crippen MR) is 67.7 cm³/mol. The highest BCUT2D eigenvalue weighted by atomic mass is 16.3. The van der Waals surface area contributed by atoms with Crippen molar-refractivity contribution in [3.8, 4) is 0 Å². The fraction of sp³-hybridized carbons (Fsp3) is 0.357. The van der Waals surface area contributed by atoms with Crippen molar-refractivity contribution < 1.29 is 5.11 Å². The third-order valence-electron chi connectivity index (χ3n) is 3.07. The summed E-state index contributed by atoms with van der Waals surface area (Å²) in [5.74, 6) is 0.925. The molecule has 0 amide bonds. The molecule has 0 aliphatic carbocycles. The smallest absolute Gasteiger partial charge is 0.105 e. The van der Waals surface area contributed by atoms with Crippen LogP contribution in [-0.4, -0.2) is 14.7 Å². The second kappa shape index (κ2) is 5.15. The summed E-state index contributed by atoms with van der Waals surface area (Å²) in [5, 5.41) is 10.1. The van der Waals surface area contributed by atoms with Crippen LogP contribution in [0.3, 0.4) is 0 Å². The van der Waals surface area contributed by atoms with Crippen molar-refractivity contribution in [1.82, 2.24) is 9.55 Å². The topological polar surface area (TPSA) is 38.0 Å². The zero-order valence-electron chi connectivity index (χ0n) is 10.3. The van der Waals surface area contributed by atoms with Gasteiger partial charge in [-0.3, -0.25) is 0 Å². The Morgan fingerprint density at radius 1 is 1.29 bits per heavy atom. The first kappa shape index (κ1) is 11.9. The molecule has 17 heavy (non-hydrogen) atoms. The molecular weight excluding hydrogens is 212 g/mol. The zero-order chi connectivity index (χ0) is 12.3. The second-order valence-corrected chi connectivity index (χ2v) is 4.24. The Morgan fingerprint density at radius 3 is 2.53 bits per heavy atom. The van der Waals surface area contributed by atoms with E-state index in [1.165, 1.54) is 5.56 Å². The van der Waals surface area contributed by atoms with E-state index in [4.69, 9.17) is 0 Å². The van der Waals surface area contributed by atoms with Crippen LogP contribution in [0.1, 0.15) is 30.0 Å². The number of rotatable bonds is 4. The van der Waals surface area contributed by atoms with Crippen molar-refractivity contribution in [2.24, 2.45) is 0 Å². The van der Waals surface area contributed by atoms with E-state index in [1.807, 2.05) is 29.8 Å². The molecule has 0 fully saturated rings. The zero-order valence-corrected chi connectivity index (χ0v) is 10.3. The lowest BCUT2D eigenvalue weighted by Crippen LogP contribution is -2.09. The molecule has 0 bridgehead atoms. The number of imidazole rings is 1. The van der Waals surface area contributed by atoms with Crippen LogP contribution in [0.5, 0.6) is 0 Å². The Labute approximate surface area is 102 Å². The summed E-state index contributed by atoms with van der Waals surface area (Å²) in [5.41, 5.74) is 2.25. The summed E-state index contributed by atoms with van der Waals surface area (Å²) in [6, 6.07) is 8.13. The Hall–Kier alpha value is -1.61. The lowest BCUT2D eigenvalue weighted by molar-refractivity contribution is 0.155. The van der Waals surface area contributed by atoms with Crippen LogP contribution in [0.2, 0.25) is 0 Å². The van der Waals surface area contributed by atoms with Crippen molar-refractivity contribution in [3.63, 3.8) is 0 Å². The van der Waals surface area contributed by atoms with E-state index in [0.717, 1.165) is 17.8 Å². The van der Waals surface area contributed by atoms with Crippen LogP contribution in [0.4, 0.5) is 0 Å². The standard InChI is InChI=1S/C14H18N2O/c1-3-12-4-6-13(7-5-12)14(17)10-16-9-8-15-11(16)2/h4-9,14,17H,3,10H2,1-2H3. The summed E-state index contributed by atoms with van der Waals surface area (Å²) < 4.78 is 1.96. The first-order valence-corrected chi connectivity index (χ1v) is 5.95. The third-order valence-corrected chi connectivity index (χ3v) is 3.07. The van der Waals surface area contributed by atoms with Crippen molar-refractivity contribution >= 4 is 0 Å². The Kier molecular flexibility index (Phi) is 3.59. The normalized spacial score (nSPS) is 12.6. The van der Waals surface area contributed by atoms with Gasteiger partial charge in [0.25, 0.3) is 0 Å². The quantitative estimate of drug-likeness (QED) is 0.876. The van der Waals surface area contributed by atoms with Crippen LogP contribution in [0.25, 0.3) is 0 Å². The van der Waals surface area contributed by atoms with E-state index in [2.05, 4.69) is 24.0 Å². The molecule has 0 spiro atoms. The van der Waals surface area contributed by atoms with Gasteiger partial charge in [-0.1, -0.05) is 31.2 Å². The summed E-state index contributed by atoms with van der Waals surface area (Å²) in [7, 11) is 0. The fourth-order valence-electron chi connectivity index (χ4n) is 1.86. The second-order valence-electron chi connectivity index (χ2n) is 4.24. The summed E-state index contributed by atoms with van der Waals surface area (Å²) >= 11 is 0. The molecule has 2 aromatic rings. The van der Waals surface area contributed by atoms with Gasteiger partial charge in [0.05, 0.1) is 12.6 Å². The van der Waals surface area contributed by atoms with Crippen molar-refractivity contribution in [2.75, 3.05) is 0 Å². The molecule has 1 unspecified atom stereocenters. The number of aliphatic hydroxyl groups is 1. The van der Waals surface area contributed by atoms with Crippen molar-refractivity contribution in [2.45, 2.75) is 32.9 Å². The van der Waals surface area contributed by atoms with Crippen LogP contribution in [-0.2, 0) is 13.0 Å². The van der Waals surface area contributed by atoms with E-state index in [1.54, 1.807) is 6.20 Å². The molecule has 1 aromatic heterocycles. The Morgan fingerprint density at radius 2 is 2.00 bits per heavy atom. The molecule has 0 radical (unpaired) electrons. The summed E-state index contributed by atoms with van der Waals surface area (Å²) in [6.07, 6.45) is 4.19. The van der Waals surface area contributed by atoms with Gasteiger partial charge >= 0.3 is 0 Å². The number of hydrogen-bond acceptors (Lipinski definition) is 2. The number of hydrogen-bond donors (Lipinski definition) is 1. The van der Waals surface area contributed by atoms with Gasteiger partial charge in [-0.25, -0.2) is 4.98 Å². The Bertz CT molecular complexity index is 473. The fourth-order valence-corrected chi connectivity index (χ4v) is 1.86. The van der Waals surface area contributed by atoms with Crippen LogP contribution < -0.4 is 0 Å². The van der Waals surface area contributed by atoms with Gasteiger partial charge in [-0.05, 0) is 24.5 Å². The molecule has 3 nitrogen and oxygen atoms in total. The van der Waals surface area contributed by atoms with Crippen LogP contribution in [0.15, 0.2) is 36.7 Å². The maximum Gasteiger partial charge on any atom is 0.105 e. The van der Waals surface area contributed by atoms with Crippen molar-refractivity contribution in [1.29, 1.82) is 0 Å². The average molecular weight is 230 g/mol. The highest BCUT2D eigenvalue weighted by Gasteiger charge is 2.09. The van der Waals surface area contributed by atoms with Gasteiger partial charge < -0.3 is 9.67 Å². The number of benzene rings is 1. The van der Waals surface area contributed by atoms with E-state index in [-0.39, 0.29) is 0 Å². The Balaban J connectivity index is 2.09. The van der Waals surface area contributed by atoms with Crippen LogP contribution in [0, 0.1) is 6.92 Å². The minimum absolute atomic E-state index is 0.478. The first-order valence-electron chi connectivity index (χ1n) is 5.95. The van der Waals surface area contributed by atoms with E-state index in [9.17, 15) is 5.11 Å². The monoisotopic (exact) mass is 230 g/mol. The van der Waals surface area contributed by atoms with Gasteiger partial charge in [0, 0.05) is 12.4 Å². The highest BCUT2D eigenvalue weighted by molar-refractivity contribution is 5.24. The molecule has 1 heterocycles. The molecule has 1 N–H and O–H groups in total. The summed E-state index contributed by atoms with van der Waals surface area (Å²) in [4.78, 5) is 4.14. The molecule has 1 atom stereocenters. The molecule has 0 saturated heterocycles. The largest absolute Gasteiger partial charge is 0.387 e. The van der Waals surface area contributed by atoms with E-state index >= 15 is 0 Å². The van der Waals surface area contributed by atoms with E-state index < -0.39 is 6.10 Å². The van der Waals surface area contributed by atoms with E-state index in [0.29, 0.717) is 6.54 Å². The molecule has 1 aromatic carbocycles. The lowest BCUT2D eigenvalue weighted by atomic mass is 10.1. The minimum atomic E-state index is -0.478. The SMILES string of the molecule is CCc1ccc(C(O)Cn2ccnc2C)cc1. The van der Waals surface area contributed by atoms with Gasteiger partial charge in [0.2, 0.25) is 0 Å². The molecular formula is C14H18N2O. The van der Waals surface area contributed by atoms with Gasteiger partial charge in [0.15, 0.2) is 0 Å². The van der Waals surface area contributed by atoms with Gasteiger partial charge in [-0.15, -0.1) is 0 Å². The molecule has 0 aliphatic rings. The molecule has 0 aliphatic heterocycles. The first-order chi connectivity index (χ1) is 8.20. The third kappa shape index (κ3) is 2.74.